The summed E-state index contributed by atoms with van der Waals surface area (Å²) in [6.45, 7) is 8.68. The summed E-state index contributed by atoms with van der Waals surface area (Å²) in [6, 6.07) is 17.6. The van der Waals surface area contributed by atoms with Gasteiger partial charge in [-0.25, -0.2) is 0 Å². The number of hydrogen-bond acceptors (Lipinski definition) is 9. The summed E-state index contributed by atoms with van der Waals surface area (Å²) in [5.74, 6) is -0.985. The molecule has 0 aromatic heterocycles. The summed E-state index contributed by atoms with van der Waals surface area (Å²) in [4.78, 5) is 64.0. The Kier molecular flexibility index (Phi) is 17.3. The molecule has 1 saturated heterocycles. The Morgan fingerprint density at radius 3 is 2.12 bits per heavy atom. The van der Waals surface area contributed by atoms with Crippen molar-refractivity contribution in [2.24, 2.45) is 34.2 Å². The number of carbonyl (C=O) groups excluding carboxylic acids is 4. The van der Waals surface area contributed by atoms with Crippen LogP contribution >= 0.6 is 0 Å². The van der Waals surface area contributed by atoms with Crippen LogP contribution in [-0.2, 0) is 32.0 Å². The number of nitrogens with two attached hydrogens (primary N) is 2. The molecule has 0 saturated carbocycles. The molecule has 0 unspecified atom stereocenters. The maximum atomic E-state index is 14.0. The normalized spacial score (nSPS) is 16.9. The fourth-order valence-corrected chi connectivity index (χ4v) is 6.83. The first-order chi connectivity index (χ1) is 24.1. The number of ketones is 2. The van der Waals surface area contributed by atoms with E-state index in [1.54, 1.807) is 0 Å². The summed E-state index contributed by atoms with van der Waals surface area (Å²) >= 11 is 0. The van der Waals surface area contributed by atoms with E-state index in [9.17, 15) is 19.2 Å². The van der Waals surface area contributed by atoms with Crippen molar-refractivity contribution in [3.8, 4) is 0 Å². The lowest BCUT2D eigenvalue weighted by Gasteiger charge is -2.28. The van der Waals surface area contributed by atoms with E-state index >= 15 is 0 Å². The molecule has 4 rings (SSSR count). The molecular weight excluding hydrogens is 642 g/mol. The van der Waals surface area contributed by atoms with Crippen LogP contribution in [-0.4, -0.2) is 97.0 Å². The van der Waals surface area contributed by atoms with Crippen LogP contribution in [0.5, 0.6) is 0 Å². The molecule has 0 aliphatic carbocycles. The van der Waals surface area contributed by atoms with Crippen LogP contribution in [0.25, 0.3) is 0 Å². The smallest absolute Gasteiger partial charge is 0.226 e. The zero-order valence-electron chi connectivity index (χ0n) is 29.9. The standard InChI is InChI=1S/C39H57N7O4.CH4/c1-28(2)23-34(36(48)26-31(15-9-16-40)38(50)45-19-10-20-46(22-21-45)39-42-17-18-43-39)44-37(49)32(24-29-11-5-3-6-12-29)27-35(47)33(41)25-30-13-7-4-8-14-30;/h3-8,11-14,28,31-34H,9-10,15-27,40-41H2,1-2H3,(H,42,43)(H,44,49);1H4/t31-,32-,33+,34+;/m0./s1. The van der Waals surface area contributed by atoms with Crippen molar-refractivity contribution in [2.45, 2.75) is 84.7 Å². The summed E-state index contributed by atoms with van der Waals surface area (Å²) in [5, 5.41) is 6.35. The van der Waals surface area contributed by atoms with E-state index in [2.05, 4.69) is 20.5 Å². The SMILES string of the molecule is C.CC(C)C[C@@H](NC(=O)[C@H](CC(=O)[C@H](N)Cc1ccccc1)Cc1ccccc1)C(=O)C[C@H](CCCN)C(=O)N1CCCN(C2=NCCN2)CC1. The number of Topliss-reactive ketones (excluding diaryl/α,β-unsaturated/α-hetero) is 2. The first-order valence-corrected chi connectivity index (χ1v) is 18.4. The van der Waals surface area contributed by atoms with Crippen molar-refractivity contribution in [1.29, 1.82) is 0 Å². The zero-order valence-corrected chi connectivity index (χ0v) is 29.9. The van der Waals surface area contributed by atoms with Crippen LogP contribution in [0.3, 0.4) is 0 Å². The van der Waals surface area contributed by atoms with Gasteiger partial charge in [-0.05, 0) is 62.1 Å². The molecule has 0 spiro atoms. The number of benzene rings is 2. The third-order valence-electron chi connectivity index (χ3n) is 9.58. The van der Waals surface area contributed by atoms with Crippen LogP contribution in [0.4, 0.5) is 0 Å². The average molecular weight is 704 g/mol. The minimum absolute atomic E-state index is 0. The molecule has 2 aromatic carbocycles. The minimum Gasteiger partial charge on any atom is -0.354 e. The number of carbonyl (C=O) groups is 4. The average Bonchev–Trinajstić information content (AvgIpc) is 3.54. The second-order valence-electron chi connectivity index (χ2n) is 14.1. The van der Waals surface area contributed by atoms with Gasteiger partial charge in [0.15, 0.2) is 17.5 Å². The maximum Gasteiger partial charge on any atom is 0.226 e. The number of guanidine groups is 1. The molecule has 1 fully saturated rings. The van der Waals surface area contributed by atoms with E-state index in [0.29, 0.717) is 58.3 Å². The van der Waals surface area contributed by atoms with Crippen molar-refractivity contribution < 1.29 is 19.2 Å². The molecule has 280 valence electrons. The van der Waals surface area contributed by atoms with Crippen molar-refractivity contribution in [3.05, 3.63) is 71.8 Å². The van der Waals surface area contributed by atoms with Gasteiger partial charge in [-0.1, -0.05) is 81.9 Å². The zero-order chi connectivity index (χ0) is 35.9. The fourth-order valence-electron chi connectivity index (χ4n) is 6.83. The largest absolute Gasteiger partial charge is 0.354 e. The molecule has 2 aliphatic heterocycles. The van der Waals surface area contributed by atoms with Crippen LogP contribution in [0.2, 0.25) is 0 Å². The fraction of sp³-hybridized carbons (Fsp3) is 0.575. The van der Waals surface area contributed by atoms with Gasteiger partial charge in [-0.15, -0.1) is 0 Å². The third-order valence-corrected chi connectivity index (χ3v) is 9.58. The van der Waals surface area contributed by atoms with Crippen LogP contribution < -0.4 is 22.1 Å². The summed E-state index contributed by atoms with van der Waals surface area (Å²) in [6.07, 6.45) is 3.07. The van der Waals surface area contributed by atoms with Gasteiger partial charge in [-0.2, -0.15) is 0 Å². The van der Waals surface area contributed by atoms with Gasteiger partial charge in [0.05, 0.1) is 18.6 Å². The molecule has 11 nitrogen and oxygen atoms in total. The van der Waals surface area contributed by atoms with E-state index in [-0.39, 0.29) is 49.6 Å². The number of amides is 2. The maximum absolute atomic E-state index is 14.0. The topological polar surface area (TPSA) is 163 Å². The Hall–Kier alpha value is -4.09. The van der Waals surface area contributed by atoms with Gasteiger partial charge >= 0.3 is 0 Å². The van der Waals surface area contributed by atoms with Gasteiger partial charge in [0.1, 0.15) is 0 Å². The predicted octanol–water partition coefficient (Wildman–Crippen LogP) is 3.35. The highest BCUT2D eigenvalue weighted by molar-refractivity contribution is 5.95. The molecule has 0 radical (unpaired) electrons. The second-order valence-corrected chi connectivity index (χ2v) is 14.1. The quantitative estimate of drug-likeness (QED) is 0.184. The molecule has 2 aromatic rings. The number of nitrogens with zero attached hydrogens (tertiary/aromatic N) is 3. The van der Waals surface area contributed by atoms with Gasteiger partial charge in [0, 0.05) is 57.4 Å². The van der Waals surface area contributed by atoms with Crippen LogP contribution in [0.1, 0.15) is 70.9 Å². The van der Waals surface area contributed by atoms with Gasteiger partial charge in [0.2, 0.25) is 11.8 Å². The lowest BCUT2D eigenvalue weighted by Crippen LogP contribution is -2.47. The Balaban J connectivity index is 0.00000702. The van der Waals surface area contributed by atoms with Crippen molar-refractivity contribution >= 4 is 29.3 Å². The monoisotopic (exact) mass is 703 g/mol. The molecule has 2 aliphatic rings. The highest BCUT2D eigenvalue weighted by Crippen LogP contribution is 2.22. The van der Waals surface area contributed by atoms with Gasteiger partial charge in [-0.3, -0.25) is 24.2 Å². The third kappa shape index (κ3) is 13.2. The Morgan fingerprint density at radius 2 is 1.51 bits per heavy atom. The van der Waals surface area contributed by atoms with E-state index in [1.807, 2.05) is 79.4 Å². The van der Waals surface area contributed by atoms with E-state index < -0.39 is 23.9 Å². The van der Waals surface area contributed by atoms with Crippen molar-refractivity contribution in [3.63, 3.8) is 0 Å². The lowest BCUT2D eigenvalue weighted by atomic mass is 9.87. The van der Waals surface area contributed by atoms with Gasteiger partial charge in [0.25, 0.3) is 0 Å². The number of nitrogens with one attached hydrogen (secondary N) is 2. The first-order valence-electron chi connectivity index (χ1n) is 18.4. The molecule has 51 heavy (non-hydrogen) atoms. The van der Waals surface area contributed by atoms with E-state index in [0.717, 1.165) is 43.1 Å². The lowest BCUT2D eigenvalue weighted by molar-refractivity contribution is -0.139. The molecule has 4 atom stereocenters. The van der Waals surface area contributed by atoms with Crippen molar-refractivity contribution in [2.75, 3.05) is 45.8 Å². The summed E-state index contributed by atoms with van der Waals surface area (Å²) in [7, 11) is 0. The van der Waals surface area contributed by atoms with E-state index in [1.165, 1.54) is 0 Å². The van der Waals surface area contributed by atoms with Gasteiger partial charge < -0.3 is 31.9 Å². The molecular formula is C40H61N7O4. The highest BCUT2D eigenvalue weighted by atomic mass is 16.2. The highest BCUT2D eigenvalue weighted by Gasteiger charge is 2.33. The first kappa shape index (κ1) is 41.3. The van der Waals surface area contributed by atoms with Crippen LogP contribution in [0.15, 0.2) is 65.7 Å². The minimum atomic E-state index is -0.784. The number of hydrogen-bond donors (Lipinski definition) is 4. The Morgan fingerprint density at radius 1 is 0.863 bits per heavy atom. The number of rotatable bonds is 18. The van der Waals surface area contributed by atoms with Crippen molar-refractivity contribution in [1.82, 2.24) is 20.4 Å². The molecule has 2 heterocycles. The van der Waals surface area contributed by atoms with E-state index in [4.69, 9.17) is 11.5 Å². The molecule has 2 amide bonds. The molecule has 11 heteroatoms. The number of aliphatic imine (C=N–C) groups is 1. The molecule has 6 N–H and O–H groups in total. The van der Waals surface area contributed by atoms with Crippen LogP contribution in [0, 0.1) is 17.8 Å². The Bertz CT molecular complexity index is 1420. The molecule has 0 bridgehead atoms. The summed E-state index contributed by atoms with van der Waals surface area (Å²) < 4.78 is 0. The second kappa shape index (κ2) is 21.3. The summed E-state index contributed by atoms with van der Waals surface area (Å²) in [5.41, 5.74) is 14.1. The Labute approximate surface area is 305 Å². The predicted molar refractivity (Wildman–Crippen MR) is 204 cm³/mol.